The van der Waals surface area contributed by atoms with E-state index in [0.717, 1.165) is 5.56 Å². The summed E-state index contributed by atoms with van der Waals surface area (Å²) < 4.78 is 5.14. The molecule has 6 heteroatoms. The van der Waals surface area contributed by atoms with Gasteiger partial charge in [-0.15, -0.1) is 0 Å². The van der Waals surface area contributed by atoms with Crippen LogP contribution in [0.4, 0.5) is 5.69 Å². The van der Waals surface area contributed by atoms with E-state index in [1.165, 1.54) is 0 Å². The summed E-state index contributed by atoms with van der Waals surface area (Å²) in [5.41, 5.74) is 1.14. The molecular formula is C16H21N3O3. The Bertz CT molecular complexity index is 672. The number of anilines is 1. The highest BCUT2D eigenvalue weighted by molar-refractivity contribution is 5.92. The number of nitrogens with zero attached hydrogens (tertiary/aromatic N) is 2. The molecule has 2 rings (SSSR count). The monoisotopic (exact) mass is 303 g/mol. The number of aryl methyl sites for hydroxylation is 2. The molecule has 1 amide bonds. The summed E-state index contributed by atoms with van der Waals surface area (Å²) in [6.07, 6.45) is 0.570. The Balaban J connectivity index is 1.91. The summed E-state index contributed by atoms with van der Waals surface area (Å²) in [5, 5.41) is 16.3. The molecule has 6 nitrogen and oxygen atoms in total. The van der Waals surface area contributed by atoms with Gasteiger partial charge in [-0.3, -0.25) is 4.79 Å². The molecule has 0 aliphatic rings. The van der Waals surface area contributed by atoms with Gasteiger partial charge in [-0.05, 0) is 24.6 Å². The molecule has 0 bridgehead atoms. The second-order valence-electron chi connectivity index (χ2n) is 6.33. The summed E-state index contributed by atoms with van der Waals surface area (Å²) in [4.78, 5) is 16.2. The van der Waals surface area contributed by atoms with Gasteiger partial charge in [0.15, 0.2) is 5.82 Å². The molecule has 1 aromatic carbocycles. The van der Waals surface area contributed by atoms with Crippen LogP contribution in [0.25, 0.3) is 0 Å². The Labute approximate surface area is 129 Å². The summed E-state index contributed by atoms with van der Waals surface area (Å²) in [5.74, 6) is 0.906. The van der Waals surface area contributed by atoms with Crippen molar-refractivity contribution >= 4 is 11.6 Å². The van der Waals surface area contributed by atoms with Gasteiger partial charge in [0.1, 0.15) is 5.75 Å². The van der Waals surface area contributed by atoms with Crippen molar-refractivity contribution in [2.75, 3.05) is 5.32 Å². The molecule has 0 aliphatic heterocycles. The molecule has 1 heterocycles. The molecule has 0 spiro atoms. The average Bonchev–Trinajstić information content (AvgIpc) is 2.88. The van der Waals surface area contributed by atoms with E-state index in [1.807, 2.05) is 33.8 Å². The second-order valence-corrected chi connectivity index (χ2v) is 6.33. The van der Waals surface area contributed by atoms with Gasteiger partial charge in [0, 0.05) is 18.3 Å². The molecule has 0 aliphatic carbocycles. The highest BCUT2D eigenvalue weighted by Gasteiger charge is 2.21. The SMILES string of the molecule is Cc1ccc(NC(=O)CCc2nc(C(C)(C)C)no2)c(O)c1. The minimum absolute atomic E-state index is 0.0566. The Hall–Kier alpha value is -2.37. The van der Waals surface area contributed by atoms with Crippen LogP contribution in [-0.2, 0) is 16.6 Å². The average molecular weight is 303 g/mol. The Morgan fingerprint density at radius 2 is 2.09 bits per heavy atom. The number of hydrogen-bond donors (Lipinski definition) is 2. The van der Waals surface area contributed by atoms with Crippen LogP contribution < -0.4 is 5.32 Å². The molecule has 0 unspecified atom stereocenters. The fourth-order valence-electron chi connectivity index (χ4n) is 1.84. The van der Waals surface area contributed by atoms with E-state index in [2.05, 4.69) is 15.5 Å². The molecule has 0 saturated heterocycles. The molecule has 2 aromatic rings. The smallest absolute Gasteiger partial charge is 0.227 e. The first kappa shape index (κ1) is 16.0. The van der Waals surface area contributed by atoms with Crippen molar-refractivity contribution in [1.29, 1.82) is 0 Å². The largest absolute Gasteiger partial charge is 0.506 e. The lowest BCUT2D eigenvalue weighted by atomic mass is 9.96. The molecule has 0 radical (unpaired) electrons. The summed E-state index contributed by atoms with van der Waals surface area (Å²) in [6.45, 7) is 7.85. The highest BCUT2D eigenvalue weighted by Crippen LogP contribution is 2.24. The number of carbonyl (C=O) groups is 1. The maximum atomic E-state index is 11.9. The number of benzene rings is 1. The lowest BCUT2D eigenvalue weighted by Gasteiger charge is -2.10. The molecule has 0 atom stereocenters. The number of hydrogen-bond acceptors (Lipinski definition) is 5. The van der Waals surface area contributed by atoms with E-state index in [9.17, 15) is 9.90 Å². The fraction of sp³-hybridized carbons (Fsp3) is 0.438. The van der Waals surface area contributed by atoms with Crippen molar-refractivity contribution < 1.29 is 14.4 Å². The maximum absolute atomic E-state index is 11.9. The Morgan fingerprint density at radius 1 is 1.36 bits per heavy atom. The maximum Gasteiger partial charge on any atom is 0.227 e. The number of aromatic hydroxyl groups is 1. The molecular weight excluding hydrogens is 282 g/mol. The minimum atomic E-state index is -0.213. The quantitative estimate of drug-likeness (QED) is 0.848. The Kier molecular flexibility index (Phi) is 4.49. The first-order chi connectivity index (χ1) is 10.3. The van der Waals surface area contributed by atoms with Crippen LogP contribution in [0.3, 0.4) is 0 Å². The predicted octanol–water partition coefficient (Wildman–Crippen LogP) is 2.95. The van der Waals surface area contributed by atoms with Gasteiger partial charge >= 0.3 is 0 Å². The third kappa shape index (κ3) is 4.07. The topological polar surface area (TPSA) is 88.3 Å². The van der Waals surface area contributed by atoms with Crippen LogP contribution in [0.15, 0.2) is 22.7 Å². The fourth-order valence-corrected chi connectivity index (χ4v) is 1.84. The van der Waals surface area contributed by atoms with Crippen LogP contribution in [-0.4, -0.2) is 21.2 Å². The van der Waals surface area contributed by atoms with E-state index in [-0.39, 0.29) is 23.5 Å². The van der Waals surface area contributed by atoms with Gasteiger partial charge in [-0.2, -0.15) is 4.98 Å². The first-order valence-corrected chi connectivity index (χ1v) is 7.18. The zero-order valence-corrected chi connectivity index (χ0v) is 13.3. The zero-order chi connectivity index (χ0) is 16.3. The lowest BCUT2D eigenvalue weighted by Crippen LogP contribution is -2.14. The van der Waals surface area contributed by atoms with Gasteiger partial charge in [0.25, 0.3) is 0 Å². The van der Waals surface area contributed by atoms with Crippen molar-refractivity contribution in [3.8, 4) is 5.75 Å². The van der Waals surface area contributed by atoms with Crippen molar-refractivity contribution in [2.24, 2.45) is 0 Å². The summed E-state index contributed by atoms with van der Waals surface area (Å²) >= 11 is 0. The van der Waals surface area contributed by atoms with E-state index < -0.39 is 0 Å². The van der Waals surface area contributed by atoms with Crippen molar-refractivity contribution in [1.82, 2.24) is 10.1 Å². The van der Waals surface area contributed by atoms with Gasteiger partial charge in [-0.1, -0.05) is 32.0 Å². The van der Waals surface area contributed by atoms with Gasteiger partial charge in [0.2, 0.25) is 11.8 Å². The van der Waals surface area contributed by atoms with Crippen molar-refractivity contribution in [3.63, 3.8) is 0 Å². The number of rotatable bonds is 4. The molecule has 118 valence electrons. The van der Waals surface area contributed by atoms with E-state index >= 15 is 0 Å². The molecule has 2 N–H and O–H groups in total. The van der Waals surface area contributed by atoms with Gasteiger partial charge in [-0.25, -0.2) is 0 Å². The second kappa shape index (κ2) is 6.17. The van der Waals surface area contributed by atoms with Crippen molar-refractivity contribution in [2.45, 2.75) is 46.0 Å². The number of carbonyl (C=O) groups excluding carboxylic acids is 1. The Morgan fingerprint density at radius 3 is 2.68 bits per heavy atom. The number of phenols is 1. The minimum Gasteiger partial charge on any atom is -0.506 e. The third-order valence-corrected chi connectivity index (χ3v) is 3.13. The van der Waals surface area contributed by atoms with Crippen LogP contribution in [0.1, 0.15) is 44.5 Å². The molecule has 22 heavy (non-hydrogen) atoms. The molecule has 1 aromatic heterocycles. The van der Waals surface area contributed by atoms with Crippen molar-refractivity contribution in [3.05, 3.63) is 35.5 Å². The van der Waals surface area contributed by atoms with Gasteiger partial charge < -0.3 is 14.9 Å². The van der Waals surface area contributed by atoms with Crippen LogP contribution in [0.5, 0.6) is 5.75 Å². The standard InChI is InChI=1S/C16H21N3O3/c1-10-5-6-11(12(20)9-10)17-13(21)7-8-14-18-15(19-22-14)16(2,3)4/h5-6,9,20H,7-8H2,1-4H3,(H,17,21). The third-order valence-electron chi connectivity index (χ3n) is 3.13. The summed E-state index contributed by atoms with van der Waals surface area (Å²) in [6, 6.07) is 5.10. The highest BCUT2D eigenvalue weighted by atomic mass is 16.5. The normalized spacial score (nSPS) is 11.5. The summed E-state index contributed by atoms with van der Waals surface area (Å²) in [7, 11) is 0. The van der Waals surface area contributed by atoms with E-state index in [1.54, 1.807) is 12.1 Å². The number of phenolic OH excluding ortho intramolecular Hbond substituents is 1. The lowest BCUT2D eigenvalue weighted by molar-refractivity contribution is -0.116. The predicted molar refractivity (Wildman–Crippen MR) is 82.8 cm³/mol. The number of aromatic nitrogens is 2. The molecule has 0 saturated carbocycles. The number of amides is 1. The molecule has 0 fully saturated rings. The van der Waals surface area contributed by atoms with E-state index in [4.69, 9.17) is 4.52 Å². The first-order valence-electron chi connectivity index (χ1n) is 7.18. The van der Waals surface area contributed by atoms with Crippen LogP contribution in [0.2, 0.25) is 0 Å². The van der Waals surface area contributed by atoms with E-state index in [0.29, 0.717) is 23.8 Å². The van der Waals surface area contributed by atoms with Crippen LogP contribution >= 0.6 is 0 Å². The van der Waals surface area contributed by atoms with Crippen LogP contribution in [0, 0.1) is 6.92 Å². The zero-order valence-electron chi connectivity index (χ0n) is 13.3. The number of nitrogens with one attached hydrogen (secondary N) is 1. The van der Waals surface area contributed by atoms with Gasteiger partial charge in [0.05, 0.1) is 5.69 Å².